The number of rotatable bonds is 6. The van der Waals surface area contributed by atoms with E-state index in [1.165, 1.54) is 7.11 Å². The zero-order valence-corrected chi connectivity index (χ0v) is 13.1. The normalized spacial score (nSPS) is 11.8. The van der Waals surface area contributed by atoms with Crippen molar-refractivity contribution in [2.45, 2.75) is 20.0 Å². The second kappa shape index (κ2) is 7.61. The van der Waals surface area contributed by atoms with Gasteiger partial charge < -0.3 is 14.8 Å². The summed E-state index contributed by atoms with van der Waals surface area (Å²) >= 11 is 0. The van der Waals surface area contributed by atoms with E-state index in [1.807, 2.05) is 62.4 Å². The van der Waals surface area contributed by atoms with Crippen molar-refractivity contribution >= 4 is 11.6 Å². The molecular weight excluding hydrogens is 278 g/mol. The van der Waals surface area contributed by atoms with E-state index in [0.29, 0.717) is 0 Å². The van der Waals surface area contributed by atoms with E-state index in [-0.39, 0.29) is 12.5 Å². The molecule has 0 aliphatic carbocycles. The molecular formula is C18H21NO3. The van der Waals surface area contributed by atoms with Gasteiger partial charge in [0, 0.05) is 12.8 Å². The summed E-state index contributed by atoms with van der Waals surface area (Å²) in [7, 11) is 1.50. The Kier molecular flexibility index (Phi) is 5.55. The lowest BCUT2D eigenvalue weighted by Gasteiger charge is -2.17. The zero-order valence-electron chi connectivity index (χ0n) is 13.1. The van der Waals surface area contributed by atoms with Crippen LogP contribution in [-0.2, 0) is 9.53 Å². The van der Waals surface area contributed by atoms with Crippen LogP contribution in [0.5, 0.6) is 5.75 Å². The van der Waals surface area contributed by atoms with Crippen LogP contribution in [0.1, 0.15) is 11.1 Å². The maximum atomic E-state index is 12.2. The van der Waals surface area contributed by atoms with Gasteiger partial charge in [0.25, 0.3) is 5.91 Å². The molecule has 0 aromatic heterocycles. The predicted molar refractivity (Wildman–Crippen MR) is 87.3 cm³/mol. The lowest BCUT2D eigenvalue weighted by molar-refractivity contribution is -0.127. The lowest BCUT2D eigenvalue weighted by atomic mass is 10.1. The van der Waals surface area contributed by atoms with E-state index in [2.05, 4.69) is 5.32 Å². The van der Waals surface area contributed by atoms with Crippen LogP contribution in [0.4, 0.5) is 5.69 Å². The third-order valence-corrected chi connectivity index (χ3v) is 3.35. The molecule has 0 saturated carbocycles. The zero-order chi connectivity index (χ0) is 15.9. The van der Waals surface area contributed by atoms with Gasteiger partial charge in [-0.3, -0.25) is 4.79 Å². The first kappa shape index (κ1) is 16.0. The number of nitrogens with one attached hydrogen (secondary N) is 1. The highest BCUT2D eigenvalue weighted by Crippen LogP contribution is 2.19. The second-order valence-corrected chi connectivity index (χ2v) is 5.16. The summed E-state index contributed by atoms with van der Waals surface area (Å²) in [6.45, 7) is 4.14. The molecule has 0 aliphatic heterocycles. The molecule has 1 N–H and O–H groups in total. The fourth-order valence-electron chi connectivity index (χ4n) is 2.02. The van der Waals surface area contributed by atoms with Gasteiger partial charge in [0.2, 0.25) is 0 Å². The van der Waals surface area contributed by atoms with Gasteiger partial charge in [0.15, 0.2) is 6.10 Å². The molecule has 1 unspecified atom stereocenters. The highest BCUT2D eigenvalue weighted by Gasteiger charge is 2.19. The summed E-state index contributed by atoms with van der Waals surface area (Å²) in [5, 5.41) is 2.81. The van der Waals surface area contributed by atoms with Crippen molar-refractivity contribution in [1.82, 2.24) is 0 Å². The van der Waals surface area contributed by atoms with E-state index in [9.17, 15) is 4.79 Å². The highest BCUT2D eigenvalue weighted by atomic mass is 16.5. The van der Waals surface area contributed by atoms with E-state index in [4.69, 9.17) is 9.47 Å². The van der Waals surface area contributed by atoms with Crippen molar-refractivity contribution in [3.8, 4) is 5.75 Å². The molecule has 0 fully saturated rings. The number of aryl methyl sites for hydroxylation is 2. The monoisotopic (exact) mass is 299 g/mol. The molecule has 116 valence electrons. The van der Waals surface area contributed by atoms with Gasteiger partial charge in [-0.1, -0.05) is 30.3 Å². The Balaban J connectivity index is 1.97. The third kappa shape index (κ3) is 4.33. The van der Waals surface area contributed by atoms with Crippen molar-refractivity contribution in [2.24, 2.45) is 0 Å². The first-order valence-corrected chi connectivity index (χ1v) is 7.19. The van der Waals surface area contributed by atoms with Gasteiger partial charge in [-0.25, -0.2) is 0 Å². The number of para-hydroxylation sites is 1. The van der Waals surface area contributed by atoms with E-state index in [0.717, 1.165) is 22.6 Å². The quantitative estimate of drug-likeness (QED) is 0.890. The van der Waals surface area contributed by atoms with Crippen molar-refractivity contribution < 1.29 is 14.3 Å². The van der Waals surface area contributed by atoms with Crippen LogP contribution in [0.2, 0.25) is 0 Å². The number of hydrogen-bond acceptors (Lipinski definition) is 3. The number of anilines is 1. The average molecular weight is 299 g/mol. The van der Waals surface area contributed by atoms with E-state index < -0.39 is 6.10 Å². The fourth-order valence-corrected chi connectivity index (χ4v) is 2.02. The fraction of sp³-hybridized carbons (Fsp3) is 0.278. The molecule has 1 amide bonds. The van der Waals surface area contributed by atoms with Crippen molar-refractivity contribution in [3.63, 3.8) is 0 Å². The summed E-state index contributed by atoms with van der Waals surface area (Å²) in [4.78, 5) is 12.2. The number of ether oxygens (including phenoxy) is 2. The summed E-state index contributed by atoms with van der Waals surface area (Å²) in [5.74, 6) is 0.550. The first-order chi connectivity index (χ1) is 10.6. The minimum atomic E-state index is -0.667. The van der Waals surface area contributed by atoms with Gasteiger partial charge in [0.1, 0.15) is 12.4 Å². The number of methoxy groups -OCH3 is 1. The van der Waals surface area contributed by atoms with Crippen LogP contribution in [0.15, 0.2) is 48.5 Å². The van der Waals surface area contributed by atoms with Crippen molar-refractivity contribution in [1.29, 1.82) is 0 Å². The molecule has 0 radical (unpaired) electrons. The minimum Gasteiger partial charge on any atom is -0.490 e. The molecule has 0 heterocycles. The van der Waals surface area contributed by atoms with Gasteiger partial charge in [-0.2, -0.15) is 0 Å². The van der Waals surface area contributed by atoms with Crippen molar-refractivity contribution in [3.05, 3.63) is 59.7 Å². The van der Waals surface area contributed by atoms with Gasteiger partial charge in [-0.05, 0) is 43.2 Å². The number of carbonyl (C=O) groups excluding carboxylic acids is 1. The molecule has 2 aromatic rings. The summed E-state index contributed by atoms with van der Waals surface area (Å²) in [6.07, 6.45) is -0.667. The Labute approximate surface area is 131 Å². The maximum absolute atomic E-state index is 12.2. The van der Waals surface area contributed by atoms with E-state index in [1.54, 1.807) is 0 Å². The standard InChI is InChI=1S/C18H21NO3/c1-13-9-10-14(2)16(11-13)22-12-17(21-3)18(20)19-15-7-5-4-6-8-15/h4-11,17H,12H2,1-3H3,(H,19,20). The van der Waals surface area contributed by atoms with Crippen molar-refractivity contribution in [2.75, 3.05) is 19.0 Å². The smallest absolute Gasteiger partial charge is 0.257 e. The Morgan fingerprint density at radius 2 is 1.86 bits per heavy atom. The molecule has 2 rings (SSSR count). The van der Waals surface area contributed by atoms with Crippen LogP contribution in [-0.4, -0.2) is 25.7 Å². The molecule has 4 heteroatoms. The van der Waals surface area contributed by atoms with Crippen LogP contribution >= 0.6 is 0 Å². The van der Waals surface area contributed by atoms with Crippen LogP contribution in [0.25, 0.3) is 0 Å². The topological polar surface area (TPSA) is 47.6 Å². The Hall–Kier alpha value is -2.33. The summed E-state index contributed by atoms with van der Waals surface area (Å²) in [6, 6.07) is 15.3. The summed E-state index contributed by atoms with van der Waals surface area (Å²) < 4.78 is 11.0. The first-order valence-electron chi connectivity index (χ1n) is 7.19. The highest BCUT2D eigenvalue weighted by molar-refractivity contribution is 5.94. The third-order valence-electron chi connectivity index (χ3n) is 3.35. The van der Waals surface area contributed by atoms with Crippen LogP contribution < -0.4 is 10.1 Å². The Bertz CT molecular complexity index is 625. The number of hydrogen-bond donors (Lipinski definition) is 1. The molecule has 1 atom stereocenters. The number of carbonyl (C=O) groups is 1. The molecule has 0 aliphatic rings. The van der Waals surface area contributed by atoms with Gasteiger partial charge >= 0.3 is 0 Å². The summed E-state index contributed by atoms with van der Waals surface area (Å²) in [5.41, 5.74) is 2.88. The van der Waals surface area contributed by atoms with Gasteiger partial charge in [-0.15, -0.1) is 0 Å². The van der Waals surface area contributed by atoms with Crippen LogP contribution in [0, 0.1) is 13.8 Å². The number of benzene rings is 2. The SMILES string of the molecule is COC(COc1cc(C)ccc1C)C(=O)Nc1ccccc1. The minimum absolute atomic E-state index is 0.166. The molecule has 0 bridgehead atoms. The molecule has 4 nitrogen and oxygen atoms in total. The maximum Gasteiger partial charge on any atom is 0.257 e. The largest absolute Gasteiger partial charge is 0.490 e. The molecule has 2 aromatic carbocycles. The molecule has 22 heavy (non-hydrogen) atoms. The second-order valence-electron chi connectivity index (χ2n) is 5.16. The molecule has 0 spiro atoms. The molecule has 0 saturated heterocycles. The van der Waals surface area contributed by atoms with Crippen LogP contribution in [0.3, 0.4) is 0 Å². The average Bonchev–Trinajstić information content (AvgIpc) is 2.52. The predicted octanol–water partition coefficient (Wildman–Crippen LogP) is 3.34. The van der Waals surface area contributed by atoms with E-state index >= 15 is 0 Å². The number of amides is 1. The Morgan fingerprint density at radius 1 is 1.14 bits per heavy atom. The Morgan fingerprint density at radius 3 is 2.55 bits per heavy atom. The lowest BCUT2D eigenvalue weighted by Crippen LogP contribution is -2.34. The van der Waals surface area contributed by atoms with Gasteiger partial charge in [0.05, 0.1) is 0 Å².